The van der Waals surface area contributed by atoms with Gasteiger partial charge >= 0.3 is 6.09 Å². The Morgan fingerprint density at radius 3 is 2.12 bits per heavy atom. The van der Waals surface area contributed by atoms with E-state index in [2.05, 4.69) is 0 Å². The minimum atomic E-state index is -2.51. The first kappa shape index (κ1) is 22.3. The second-order valence-electron chi connectivity index (χ2n) is 5.83. The van der Waals surface area contributed by atoms with Crippen LogP contribution in [0.15, 0.2) is 0 Å². The van der Waals surface area contributed by atoms with Crippen LogP contribution in [0.3, 0.4) is 0 Å². The van der Waals surface area contributed by atoms with E-state index in [9.17, 15) is 9.36 Å². The highest BCUT2D eigenvalue weighted by atomic mass is 31.2. The molecule has 9 nitrogen and oxygen atoms in total. The van der Waals surface area contributed by atoms with Gasteiger partial charge in [-0.2, -0.15) is 0 Å². The third-order valence-corrected chi connectivity index (χ3v) is 7.41. The highest BCUT2D eigenvalue weighted by molar-refractivity contribution is 7.59. The Balaban J connectivity index is 2.20. The average Bonchev–Trinajstić information content (AvgIpc) is 2.63. The van der Waals surface area contributed by atoms with Gasteiger partial charge in [-0.3, -0.25) is 4.57 Å². The fourth-order valence-electron chi connectivity index (χ4n) is 2.59. The number of rotatable bonds is 11. The van der Waals surface area contributed by atoms with E-state index in [1.54, 1.807) is 9.57 Å². The summed E-state index contributed by atoms with van der Waals surface area (Å²) in [7, 11) is 1.16. The van der Waals surface area contributed by atoms with Crippen molar-refractivity contribution >= 4 is 13.5 Å². The summed E-state index contributed by atoms with van der Waals surface area (Å²) in [6.07, 6.45) is 0.222. The van der Waals surface area contributed by atoms with E-state index in [0.29, 0.717) is 58.8 Å². The first-order chi connectivity index (χ1) is 12.0. The number of aliphatic hydroxyl groups excluding tert-OH is 1. The molecule has 0 aliphatic carbocycles. The van der Waals surface area contributed by atoms with Crippen molar-refractivity contribution in [1.82, 2.24) is 14.2 Å². The van der Waals surface area contributed by atoms with E-state index >= 15 is 0 Å². The number of nitrogens with zero attached hydrogens (tertiary/aromatic N) is 3. The third kappa shape index (κ3) is 7.21. The Morgan fingerprint density at radius 1 is 1.04 bits per heavy atom. The Labute approximate surface area is 150 Å². The van der Waals surface area contributed by atoms with Gasteiger partial charge in [-0.1, -0.05) is 6.92 Å². The summed E-state index contributed by atoms with van der Waals surface area (Å²) in [6.45, 7) is 5.68. The molecule has 1 aliphatic heterocycles. The van der Waals surface area contributed by atoms with Crippen LogP contribution in [-0.2, 0) is 18.8 Å². The molecule has 0 spiro atoms. The predicted octanol–water partition coefficient (Wildman–Crippen LogP) is 0.541. The highest BCUT2D eigenvalue weighted by Gasteiger charge is 2.34. The SMILES string of the molecule is CCP(=O)(N(C)C)N1CCN(C(=O)OCCOCCOCCO)CC1. The predicted molar refractivity (Wildman–Crippen MR) is 95.1 cm³/mol. The van der Waals surface area contributed by atoms with E-state index in [1.165, 1.54) is 0 Å². The molecule has 0 aromatic rings. The monoisotopic (exact) mass is 381 g/mol. The molecule has 0 radical (unpaired) electrons. The van der Waals surface area contributed by atoms with Gasteiger partial charge in [0.2, 0.25) is 7.44 Å². The summed E-state index contributed by atoms with van der Waals surface area (Å²) in [5.41, 5.74) is 0. The smallest absolute Gasteiger partial charge is 0.409 e. The minimum Gasteiger partial charge on any atom is -0.447 e. The van der Waals surface area contributed by atoms with Gasteiger partial charge in [0.05, 0.1) is 33.0 Å². The van der Waals surface area contributed by atoms with Crippen molar-refractivity contribution in [2.75, 3.05) is 86.1 Å². The summed E-state index contributed by atoms with van der Waals surface area (Å²) < 4.78 is 32.2. The van der Waals surface area contributed by atoms with Gasteiger partial charge in [0.25, 0.3) is 0 Å². The third-order valence-electron chi connectivity index (χ3n) is 4.05. The van der Waals surface area contributed by atoms with Crippen molar-refractivity contribution < 1.29 is 28.7 Å². The normalized spacial score (nSPS) is 18.4. The van der Waals surface area contributed by atoms with Gasteiger partial charge in [-0.25, -0.2) is 14.1 Å². The molecule has 1 unspecified atom stereocenters. The van der Waals surface area contributed by atoms with Gasteiger partial charge in [0, 0.05) is 32.3 Å². The first-order valence-electron chi connectivity index (χ1n) is 8.66. The molecule has 25 heavy (non-hydrogen) atoms. The molecular weight excluding hydrogens is 349 g/mol. The number of amides is 1. The van der Waals surface area contributed by atoms with E-state index < -0.39 is 7.44 Å². The van der Waals surface area contributed by atoms with E-state index in [1.807, 2.05) is 25.7 Å². The number of hydrogen-bond acceptors (Lipinski definition) is 6. The molecule has 1 heterocycles. The number of piperazine rings is 1. The van der Waals surface area contributed by atoms with E-state index in [0.717, 1.165) is 0 Å². The molecule has 1 saturated heterocycles. The van der Waals surface area contributed by atoms with Gasteiger partial charge in [-0.05, 0) is 14.1 Å². The molecular formula is C15H32N3O6P. The van der Waals surface area contributed by atoms with Crippen molar-refractivity contribution in [3.05, 3.63) is 0 Å². The van der Waals surface area contributed by atoms with Crippen molar-refractivity contribution in [3.63, 3.8) is 0 Å². The fraction of sp³-hybridized carbons (Fsp3) is 0.933. The lowest BCUT2D eigenvalue weighted by molar-refractivity contribution is 0.0129. The molecule has 0 bridgehead atoms. The molecule has 1 N–H and O–H groups in total. The van der Waals surface area contributed by atoms with Gasteiger partial charge < -0.3 is 24.2 Å². The molecule has 10 heteroatoms. The molecule has 1 atom stereocenters. The van der Waals surface area contributed by atoms with Crippen LogP contribution in [0.2, 0.25) is 0 Å². The topological polar surface area (TPSA) is 91.8 Å². The molecule has 148 valence electrons. The van der Waals surface area contributed by atoms with Crippen LogP contribution in [0.25, 0.3) is 0 Å². The first-order valence-corrected chi connectivity index (χ1v) is 10.5. The average molecular weight is 381 g/mol. The molecule has 0 aromatic carbocycles. The van der Waals surface area contributed by atoms with Crippen LogP contribution in [0, 0.1) is 0 Å². The molecule has 0 aromatic heterocycles. The van der Waals surface area contributed by atoms with Crippen molar-refractivity contribution in [3.8, 4) is 0 Å². The molecule has 1 rings (SSSR count). The number of hydrogen-bond donors (Lipinski definition) is 1. The summed E-state index contributed by atoms with van der Waals surface area (Å²) in [6, 6.07) is 0. The van der Waals surface area contributed by atoms with Crippen LogP contribution in [0.4, 0.5) is 4.79 Å². The number of carbonyl (C=O) groups is 1. The highest BCUT2D eigenvalue weighted by Crippen LogP contribution is 2.51. The lowest BCUT2D eigenvalue weighted by atomic mass is 10.4. The lowest BCUT2D eigenvalue weighted by Crippen LogP contribution is -2.49. The van der Waals surface area contributed by atoms with E-state index in [-0.39, 0.29) is 19.3 Å². The zero-order valence-electron chi connectivity index (χ0n) is 15.6. The Kier molecular flexibility index (Phi) is 10.6. The van der Waals surface area contributed by atoms with Crippen LogP contribution in [-0.4, -0.2) is 112 Å². The maximum atomic E-state index is 12.9. The molecule has 0 saturated carbocycles. The molecule has 1 aliphatic rings. The largest absolute Gasteiger partial charge is 0.447 e. The maximum Gasteiger partial charge on any atom is 0.409 e. The van der Waals surface area contributed by atoms with Gasteiger partial charge in [-0.15, -0.1) is 0 Å². The summed E-state index contributed by atoms with van der Waals surface area (Å²) in [5, 5.41) is 8.55. The Bertz CT molecular complexity index is 429. The summed E-state index contributed by atoms with van der Waals surface area (Å²) in [4.78, 5) is 13.7. The summed E-state index contributed by atoms with van der Waals surface area (Å²) >= 11 is 0. The van der Waals surface area contributed by atoms with Crippen LogP contribution in [0.5, 0.6) is 0 Å². The quantitative estimate of drug-likeness (QED) is 0.410. The minimum absolute atomic E-state index is 0.00681. The summed E-state index contributed by atoms with van der Waals surface area (Å²) in [5.74, 6) is 0. The lowest BCUT2D eigenvalue weighted by Gasteiger charge is -2.40. The Hall–Kier alpha value is -0.700. The zero-order chi connectivity index (χ0) is 18.7. The zero-order valence-corrected chi connectivity index (χ0v) is 16.4. The standard InChI is InChI=1S/C15H32N3O6P/c1-4-25(21,16(2)3)18-7-5-17(6-8-18)15(20)24-14-13-23-12-11-22-10-9-19/h19H,4-14H2,1-3H3. The van der Waals surface area contributed by atoms with Crippen molar-refractivity contribution in [2.45, 2.75) is 6.92 Å². The second kappa shape index (κ2) is 11.8. The van der Waals surface area contributed by atoms with Crippen LogP contribution in [0.1, 0.15) is 6.92 Å². The fourth-order valence-corrected chi connectivity index (χ4v) is 4.87. The molecule has 1 fully saturated rings. The second-order valence-corrected chi connectivity index (χ2v) is 9.16. The number of aliphatic hydroxyl groups is 1. The maximum absolute atomic E-state index is 12.9. The number of carbonyl (C=O) groups excluding carboxylic acids is 1. The van der Waals surface area contributed by atoms with Crippen molar-refractivity contribution in [1.29, 1.82) is 0 Å². The van der Waals surface area contributed by atoms with Crippen molar-refractivity contribution in [2.24, 2.45) is 0 Å². The molecule has 1 amide bonds. The van der Waals surface area contributed by atoms with Gasteiger partial charge in [0.15, 0.2) is 0 Å². The number of ether oxygens (including phenoxy) is 3. The Morgan fingerprint density at radius 2 is 1.60 bits per heavy atom. The van der Waals surface area contributed by atoms with Gasteiger partial charge in [0.1, 0.15) is 6.61 Å². The van der Waals surface area contributed by atoms with Crippen LogP contribution >= 0.6 is 7.44 Å². The van der Waals surface area contributed by atoms with Crippen LogP contribution < -0.4 is 0 Å². The van der Waals surface area contributed by atoms with E-state index in [4.69, 9.17) is 19.3 Å².